The highest BCUT2D eigenvalue weighted by Crippen LogP contribution is 2.28. The molecular formula is C18H32O. The van der Waals surface area contributed by atoms with Crippen molar-refractivity contribution in [2.24, 2.45) is 11.3 Å². The lowest BCUT2D eigenvalue weighted by Gasteiger charge is -2.23. The molecule has 0 aromatic heterocycles. The lowest BCUT2D eigenvalue weighted by Crippen LogP contribution is -2.09. The van der Waals surface area contributed by atoms with Crippen LogP contribution in [0, 0.1) is 11.3 Å². The van der Waals surface area contributed by atoms with E-state index in [2.05, 4.69) is 39.8 Å². The Hall–Kier alpha value is -0.850. The molecule has 1 nitrogen and oxygen atoms in total. The summed E-state index contributed by atoms with van der Waals surface area (Å²) in [7, 11) is 0. The lowest BCUT2D eigenvalue weighted by atomic mass is 9.83. The van der Waals surface area contributed by atoms with Gasteiger partial charge >= 0.3 is 0 Å². The quantitative estimate of drug-likeness (QED) is 0.385. The molecule has 0 fully saturated rings. The van der Waals surface area contributed by atoms with Crippen LogP contribution in [0.4, 0.5) is 0 Å². The molecule has 0 aromatic rings. The third kappa shape index (κ3) is 10.7. The normalized spacial score (nSPS) is 14.9. The standard InChI is InChI=1S/C18H32O/c1-7-18(5,6)13-9-12-15(2)10-8-11-16(3)14-17(4)19/h8,11,14-15H,7,9-10,12-13H2,1-6H3. The zero-order valence-electron chi connectivity index (χ0n) is 13.8. The van der Waals surface area contributed by atoms with Crippen molar-refractivity contribution >= 4 is 5.78 Å². The molecule has 0 aliphatic carbocycles. The van der Waals surface area contributed by atoms with E-state index in [0.29, 0.717) is 5.41 Å². The van der Waals surface area contributed by atoms with Crippen molar-refractivity contribution in [3.63, 3.8) is 0 Å². The zero-order chi connectivity index (χ0) is 14.9. The highest BCUT2D eigenvalue weighted by molar-refractivity contribution is 5.88. The first-order valence-electron chi connectivity index (χ1n) is 7.62. The Morgan fingerprint density at radius 2 is 1.89 bits per heavy atom. The second-order valence-corrected chi connectivity index (χ2v) is 6.65. The summed E-state index contributed by atoms with van der Waals surface area (Å²) in [5, 5.41) is 0. The van der Waals surface area contributed by atoms with Gasteiger partial charge in [0.2, 0.25) is 0 Å². The number of hydrogen-bond donors (Lipinski definition) is 0. The van der Waals surface area contributed by atoms with E-state index in [1.54, 1.807) is 13.0 Å². The molecule has 0 spiro atoms. The highest BCUT2D eigenvalue weighted by atomic mass is 16.1. The van der Waals surface area contributed by atoms with Gasteiger partial charge < -0.3 is 0 Å². The van der Waals surface area contributed by atoms with Crippen LogP contribution in [0.2, 0.25) is 0 Å². The van der Waals surface area contributed by atoms with Gasteiger partial charge in [0.1, 0.15) is 0 Å². The number of rotatable bonds is 9. The Kier molecular flexibility index (Phi) is 8.71. The maximum atomic E-state index is 10.9. The van der Waals surface area contributed by atoms with E-state index in [4.69, 9.17) is 0 Å². The van der Waals surface area contributed by atoms with Crippen molar-refractivity contribution in [3.8, 4) is 0 Å². The van der Waals surface area contributed by atoms with Gasteiger partial charge in [-0.3, -0.25) is 4.79 Å². The van der Waals surface area contributed by atoms with Gasteiger partial charge in [-0.25, -0.2) is 0 Å². The second kappa shape index (κ2) is 9.12. The molecule has 0 saturated heterocycles. The van der Waals surface area contributed by atoms with Gasteiger partial charge in [-0.2, -0.15) is 0 Å². The van der Waals surface area contributed by atoms with E-state index in [-0.39, 0.29) is 5.78 Å². The van der Waals surface area contributed by atoms with E-state index in [1.807, 2.05) is 6.92 Å². The number of hydrogen-bond acceptors (Lipinski definition) is 1. The van der Waals surface area contributed by atoms with Crippen molar-refractivity contribution in [3.05, 3.63) is 23.8 Å². The van der Waals surface area contributed by atoms with Crippen molar-refractivity contribution in [1.29, 1.82) is 0 Å². The van der Waals surface area contributed by atoms with Gasteiger partial charge in [0.15, 0.2) is 5.78 Å². The van der Waals surface area contributed by atoms with E-state index in [0.717, 1.165) is 17.9 Å². The first-order valence-corrected chi connectivity index (χ1v) is 7.62. The summed E-state index contributed by atoms with van der Waals surface area (Å²) < 4.78 is 0. The summed E-state index contributed by atoms with van der Waals surface area (Å²) in [5.74, 6) is 0.853. The number of carbonyl (C=O) groups excluding carboxylic acids is 1. The van der Waals surface area contributed by atoms with Gasteiger partial charge in [-0.05, 0) is 49.7 Å². The molecule has 0 bridgehead atoms. The lowest BCUT2D eigenvalue weighted by molar-refractivity contribution is -0.112. The SMILES string of the molecule is CCC(C)(C)CCCC(C)CC=CC(C)=CC(C)=O. The van der Waals surface area contributed by atoms with Crippen LogP contribution in [0.25, 0.3) is 0 Å². The average Bonchev–Trinajstić information content (AvgIpc) is 2.27. The molecular weight excluding hydrogens is 232 g/mol. The van der Waals surface area contributed by atoms with Crippen LogP contribution in [-0.4, -0.2) is 5.78 Å². The van der Waals surface area contributed by atoms with Gasteiger partial charge in [-0.1, -0.05) is 59.1 Å². The highest BCUT2D eigenvalue weighted by Gasteiger charge is 2.14. The molecule has 110 valence electrons. The fourth-order valence-corrected chi connectivity index (χ4v) is 2.08. The molecule has 1 unspecified atom stereocenters. The monoisotopic (exact) mass is 264 g/mol. The minimum Gasteiger partial charge on any atom is -0.295 e. The van der Waals surface area contributed by atoms with Crippen LogP contribution >= 0.6 is 0 Å². The van der Waals surface area contributed by atoms with Gasteiger partial charge in [-0.15, -0.1) is 0 Å². The first kappa shape index (κ1) is 18.1. The topological polar surface area (TPSA) is 17.1 Å². The summed E-state index contributed by atoms with van der Waals surface area (Å²) in [6.45, 7) is 12.9. The number of ketones is 1. The molecule has 0 aromatic carbocycles. The van der Waals surface area contributed by atoms with Crippen molar-refractivity contribution in [1.82, 2.24) is 0 Å². The van der Waals surface area contributed by atoms with Crippen LogP contribution in [0.5, 0.6) is 0 Å². The van der Waals surface area contributed by atoms with Crippen molar-refractivity contribution in [2.45, 2.75) is 73.6 Å². The second-order valence-electron chi connectivity index (χ2n) is 6.65. The van der Waals surface area contributed by atoms with E-state index >= 15 is 0 Å². The number of allylic oxidation sites excluding steroid dienone is 4. The van der Waals surface area contributed by atoms with Crippen LogP contribution in [0.3, 0.4) is 0 Å². The first-order chi connectivity index (χ1) is 8.76. The molecule has 19 heavy (non-hydrogen) atoms. The Morgan fingerprint density at radius 3 is 2.42 bits per heavy atom. The van der Waals surface area contributed by atoms with Gasteiger partial charge in [0.05, 0.1) is 0 Å². The molecule has 0 aliphatic heterocycles. The molecule has 0 radical (unpaired) electrons. The molecule has 0 heterocycles. The third-order valence-corrected chi connectivity index (χ3v) is 3.86. The molecule has 0 aliphatic rings. The molecule has 1 atom stereocenters. The summed E-state index contributed by atoms with van der Waals surface area (Å²) in [6.07, 6.45) is 12.2. The fraction of sp³-hybridized carbons (Fsp3) is 0.722. The molecule has 1 heteroatoms. The van der Waals surface area contributed by atoms with Crippen LogP contribution < -0.4 is 0 Å². The largest absolute Gasteiger partial charge is 0.295 e. The summed E-state index contributed by atoms with van der Waals surface area (Å²) in [6, 6.07) is 0. The smallest absolute Gasteiger partial charge is 0.152 e. The summed E-state index contributed by atoms with van der Waals surface area (Å²) >= 11 is 0. The third-order valence-electron chi connectivity index (χ3n) is 3.86. The number of carbonyl (C=O) groups is 1. The zero-order valence-corrected chi connectivity index (χ0v) is 13.8. The minimum absolute atomic E-state index is 0.122. The molecule has 0 rings (SSSR count). The Labute approximate surface area is 120 Å². The Morgan fingerprint density at radius 1 is 1.26 bits per heavy atom. The predicted octanol–water partition coefficient (Wildman–Crippen LogP) is 5.71. The van der Waals surface area contributed by atoms with Gasteiger partial charge in [0, 0.05) is 0 Å². The van der Waals surface area contributed by atoms with Crippen LogP contribution in [0.1, 0.15) is 73.6 Å². The van der Waals surface area contributed by atoms with Crippen LogP contribution in [-0.2, 0) is 4.79 Å². The fourth-order valence-electron chi connectivity index (χ4n) is 2.08. The van der Waals surface area contributed by atoms with E-state index in [1.165, 1.54) is 25.7 Å². The van der Waals surface area contributed by atoms with Crippen LogP contribution in [0.15, 0.2) is 23.8 Å². The summed E-state index contributed by atoms with van der Waals surface area (Å²) in [4.78, 5) is 10.9. The maximum absolute atomic E-state index is 10.9. The van der Waals surface area contributed by atoms with Crippen molar-refractivity contribution < 1.29 is 4.79 Å². The minimum atomic E-state index is 0.122. The Balaban J connectivity index is 3.91. The summed E-state index contributed by atoms with van der Waals surface area (Å²) in [5.41, 5.74) is 1.54. The van der Waals surface area contributed by atoms with Crippen molar-refractivity contribution in [2.75, 3.05) is 0 Å². The molecule has 0 N–H and O–H groups in total. The average molecular weight is 264 g/mol. The molecule has 0 saturated carbocycles. The predicted molar refractivity (Wildman–Crippen MR) is 85.3 cm³/mol. The maximum Gasteiger partial charge on any atom is 0.152 e. The Bertz CT molecular complexity index is 321. The van der Waals surface area contributed by atoms with E-state index in [9.17, 15) is 4.79 Å². The van der Waals surface area contributed by atoms with Gasteiger partial charge in [0.25, 0.3) is 0 Å². The molecule has 0 amide bonds. The van der Waals surface area contributed by atoms with E-state index < -0.39 is 0 Å².